The zero-order chi connectivity index (χ0) is 24.2. The van der Waals surface area contributed by atoms with Crippen LogP contribution in [-0.2, 0) is 4.74 Å². The van der Waals surface area contributed by atoms with E-state index >= 15 is 0 Å². The van der Waals surface area contributed by atoms with Gasteiger partial charge in [0.15, 0.2) is 5.78 Å². The van der Waals surface area contributed by atoms with Crippen molar-refractivity contribution in [2.75, 3.05) is 11.9 Å². The minimum atomic E-state index is -0.509. The van der Waals surface area contributed by atoms with Gasteiger partial charge in [-0.25, -0.2) is 9.78 Å². The van der Waals surface area contributed by atoms with Crippen LogP contribution in [0.5, 0.6) is 0 Å². The SMILES string of the molecule is CCOC(=O)c1c(N/C=C(\C#N)c2nc(-c3cccc4ccccc34)cs2)sc(C(C)=O)c1C. The van der Waals surface area contributed by atoms with Crippen LogP contribution in [0.15, 0.2) is 54.0 Å². The Morgan fingerprint density at radius 3 is 2.71 bits per heavy atom. The average molecular weight is 488 g/mol. The van der Waals surface area contributed by atoms with Crippen LogP contribution in [0.4, 0.5) is 5.00 Å². The maximum absolute atomic E-state index is 12.5. The quantitative estimate of drug-likeness (QED) is 0.177. The number of rotatable bonds is 7. The van der Waals surface area contributed by atoms with Crippen LogP contribution < -0.4 is 5.32 Å². The number of hydrogen-bond acceptors (Lipinski definition) is 8. The molecular weight excluding hydrogens is 466 g/mol. The number of esters is 1. The lowest BCUT2D eigenvalue weighted by Crippen LogP contribution is -2.08. The van der Waals surface area contributed by atoms with Crippen molar-refractivity contribution in [3.8, 4) is 17.3 Å². The molecule has 0 amide bonds. The molecule has 0 atom stereocenters. The van der Waals surface area contributed by atoms with Crippen LogP contribution in [0.1, 0.15) is 44.4 Å². The van der Waals surface area contributed by atoms with Gasteiger partial charge in [-0.1, -0.05) is 42.5 Å². The molecule has 0 saturated heterocycles. The number of carbonyl (C=O) groups excluding carboxylic acids is 2. The number of anilines is 1. The van der Waals surface area contributed by atoms with E-state index in [0.717, 1.165) is 22.0 Å². The van der Waals surface area contributed by atoms with Crippen molar-refractivity contribution in [3.05, 3.63) is 75.1 Å². The summed E-state index contributed by atoms with van der Waals surface area (Å²) in [7, 11) is 0. The fraction of sp³-hybridized carbons (Fsp3) is 0.154. The number of benzene rings is 2. The van der Waals surface area contributed by atoms with Gasteiger partial charge in [-0.05, 0) is 37.1 Å². The second-order valence-corrected chi connectivity index (χ2v) is 9.29. The molecule has 0 saturated carbocycles. The summed E-state index contributed by atoms with van der Waals surface area (Å²) in [6, 6.07) is 16.3. The molecule has 0 aliphatic rings. The van der Waals surface area contributed by atoms with E-state index in [2.05, 4.69) is 29.6 Å². The zero-order valence-electron chi connectivity index (χ0n) is 18.8. The number of aromatic nitrogens is 1. The van der Waals surface area contributed by atoms with E-state index in [-0.39, 0.29) is 12.4 Å². The maximum atomic E-state index is 12.5. The number of thiophene rings is 1. The third kappa shape index (κ3) is 4.49. The summed E-state index contributed by atoms with van der Waals surface area (Å²) >= 11 is 2.54. The van der Waals surface area contributed by atoms with Gasteiger partial charge in [-0.2, -0.15) is 5.26 Å². The van der Waals surface area contributed by atoms with Crippen molar-refractivity contribution in [2.24, 2.45) is 0 Å². The summed E-state index contributed by atoms with van der Waals surface area (Å²) in [6.07, 6.45) is 1.52. The third-order valence-corrected chi connectivity index (χ3v) is 7.41. The third-order valence-electron chi connectivity index (χ3n) is 5.21. The van der Waals surface area contributed by atoms with Gasteiger partial charge in [0.1, 0.15) is 21.7 Å². The summed E-state index contributed by atoms with van der Waals surface area (Å²) in [6.45, 7) is 5.12. The fourth-order valence-corrected chi connectivity index (χ4v) is 5.49. The van der Waals surface area contributed by atoms with Gasteiger partial charge < -0.3 is 10.1 Å². The normalized spacial score (nSPS) is 11.3. The summed E-state index contributed by atoms with van der Waals surface area (Å²) in [4.78, 5) is 29.7. The van der Waals surface area contributed by atoms with Gasteiger partial charge in [-0.15, -0.1) is 22.7 Å². The molecule has 2 aromatic carbocycles. The Morgan fingerprint density at radius 2 is 1.97 bits per heavy atom. The predicted octanol–water partition coefficient (Wildman–Crippen LogP) is 6.69. The van der Waals surface area contributed by atoms with Crippen LogP contribution in [0.3, 0.4) is 0 Å². The number of ketones is 1. The van der Waals surface area contributed by atoms with Crippen LogP contribution >= 0.6 is 22.7 Å². The standard InChI is InChI=1S/C26H21N3O3S2/c1-4-32-26(31)22-15(2)23(16(3)30)34-25(22)28-13-18(12-27)24-29-21(14-33-24)20-11-7-9-17-8-5-6-10-19(17)20/h5-11,13-14,28H,4H2,1-3H3/b18-13+. The first-order chi connectivity index (χ1) is 16.4. The van der Waals surface area contributed by atoms with Gasteiger partial charge in [0.2, 0.25) is 0 Å². The number of ether oxygens (including phenoxy) is 1. The minimum absolute atomic E-state index is 0.134. The highest BCUT2D eigenvalue weighted by molar-refractivity contribution is 7.18. The predicted molar refractivity (Wildman–Crippen MR) is 137 cm³/mol. The Kier molecular flexibility index (Phi) is 6.87. The lowest BCUT2D eigenvalue weighted by Gasteiger charge is -2.05. The van der Waals surface area contributed by atoms with Crippen molar-refractivity contribution in [1.82, 2.24) is 4.98 Å². The molecule has 6 nitrogen and oxygen atoms in total. The molecule has 1 N–H and O–H groups in total. The van der Waals surface area contributed by atoms with Crippen LogP contribution in [0.25, 0.3) is 27.6 Å². The van der Waals surface area contributed by atoms with Gasteiger partial charge in [0.05, 0.1) is 22.7 Å². The van der Waals surface area contributed by atoms with E-state index in [9.17, 15) is 14.9 Å². The first-order valence-corrected chi connectivity index (χ1v) is 12.3. The Morgan fingerprint density at radius 1 is 1.21 bits per heavy atom. The van der Waals surface area contributed by atoms with Crippen molar-refractivity contribution in [1.29, 1.82) is 5.26 Å². The number of carbonyl (C=O) groups is 2. The van der Waals surface area contributed by atoms with Crippen LogP contribution in [-0.4, -0.2) is 23.3 Å². The molecule has 2 aromatic heterocycles. The number of thiazole rings is 1. The summed E-state index contributed by atoms with van der Waals surface area (Å²) in [5.74, 6) is -0.643. The molecule has 0 fully saturated rings. The largest absolute Gasteiger partial charge is 0.462 e. The molecule has 0 bridgehead atoms. The van der Waals surface area contributed by atoms with Gasteiger partial charge in [0, 0.05) is 17.1 Å². The summed E-state index contributed by atoms with van der Waals surface area (Å²) in [5, 5.41) is 18.0. The Hall–Kier alpha value is -3.80. The first kappa shape index (κ1) is 23.4. The van der Waals surface area contributed by atoms with Crippen molar-refractivity contribution < 1.29 is 14.3 Å². The molecule has 0 spiro atoms. The molecule has 0 radical (unpaired) electrons. The van der Waals surface area contributed by atoms with Gasteiger partial charge in [0.25, 0.3) is 0 Å². The zero-order valence-corrected chi connectivity index (χ0v) is 20.5. The lowest BCUT2D eigenvalue weighted by molar-refractivity contribution is 0.0527. The highest BCUT2D eigenvalue weighted by Gasteiger charge is 2.24. The number of Topliss-reactive ketones (excluding diaryl/α,β-unsaturated/α-hetero) is 1. The number of nitrogens with zero attached hydrogens (tertiary/aromatic N) is 2. The van der Waals surface area contributed by atoms with E-state index in [4.69, 9.17) is 9.72 Å². The number of nitriles is 1. The molecule has 34 heavy (non-hydrogen) atoms. The number of fused-ring (bicyclic) bond motifs is 1. The second kappa shape index (κ2) is 10.00. The van der Waals surface area contributed by atoms with Crippen LogP contribution in [0, 0.1) is 18.3 Å². The van der Waals surface area contributed by atoms with Gasteiger partial charge in [-0.3, -0.25) is 4.79 Å². The topological polar surface area (TPSA) is 92.1 Å². The van der Waals surface area contributed by atoms with Gasteiger partial charge >= 0.3 is 5.97 Å². The summed E-state index contributed by atoms with van der Waals surface area (Å²) < 4.78 is 5.17. The Balaban J connectivity index is 1.68. The van der Waals surface area contributed by atoms with E-state index in [1.54, 1.807) is 13.8 Å². The molecular formula is C26H21N3O3S2. The fourth-order valence-electron chi connectivity index (χ4n) is 3.65. The molecule has 0 aliphatic heterocycles. The van der Waals surface area contributed by atoms with E-state index in [0.29, 0.717) is 31.6 Å². The smallest absolute Gasteiger partial charge is 0.341 e. The highest BCUT2D eigenvalue weighted by Crippen LogP contribution is 2.35. The van der Waals surface area contributed by atoms with E-state index in [1.807, 2.05) is 29.6 Å². The van der Waals surface area contributed by atoms with Crippen molar-refractivity contribution in [2.45, 2.75) is 20.8 Å². The van der Waals surface area contributed by atoms with E-state index in [1.165, 1.54) is 35.8 Å². The number of nitrogens with one attached hydrogen (secondary N) is 1. The number of hydrogen-bond donors (Lipinski definition) is 1. The molecule has 4 rings (SSSR count). The first-order valence-electron chi connectivity index (χ1n) is 10.6. The van der Waals surface area contributed by atoms with E-state index < -0.39 is 5.97 Å². The molecule has 2 heterocycles. The van der Waals surface area contributed by atoms with Crippen molar-refractivity contribution in [3.63, 3.8) is 0 Å². The molecule has 0 aliphatic carbocycles. The monoisotopic (exact) mass is 487 g/mol. The molecule has 0 unspecified atom stereocenters. The molecule has 8 heteroatoms. The Bertz CT molecular complexity index is 1470. The average Bonchev–Trinajstić information content (AvgIpc) is 3.44. The number of allylic oxidation sites excluding steroid dienone is 1. The highest BCUT2D eigenvalue weighted by atomic mass is 32.1. The van der Waals surface area contributed by atoms with Crippen molar-refractivity contribution >= 4 is 55.8 Å². The molecule has 170 valence electrons. The lowest BCUT2D eigenvalue weighted by atomic mass is 10.0. The summed E-state index contributed by atoms with van der Waals surface area (Å²) in [5.41, 5.74) is 2.98. The Labute approximate surface area is 205 Å². The minimum Gasteiger partial charge on any atom is -0.462 e. The molecule has 4 aromatic rings. The van der Waals surface area contributed by atoms with Crippen LogP contribution in [0.2, 0.25) is 0 Å². The second-order valence-electron chi connectivity index (χ2n) is 7.42. The maximum Gasteiger partial charge on any atom is 0.341 e.